The molecule has 142 valence electrons. The molecular formula is C21H17N7O. The SMILES string of the molecule is N#CC1CC(n2cnnc2-c2cccc(Nc3cccc4[nH]ccc(=O)c34)n2)C1. The van der Waals surface area contributed by atoms with Gasteiger partial charge in [0.15, 0.2) is 11.3 Å². The average Bonchev–Trinajstić information content (AvgIpc) is 3.17. The Labute approximate surface area is 165 Å². The highest BCUT2D eigenvalue weighted by Crippen LogP contribution is 2.39. The molecule has 29 heavy (non-hydrogen) atoms. The number of aromatic nitrogens is 5. The largest absolute Gasteiger partial charge is 0.361 e. The van der Waals surface area contributed by atoms with E-state index in [9.17, 15) is 4.79 Å². The molecule has 8 nitrogen and oxygen atoms in total. The van der Waals surface area contributed by atoms with E-state index in [0.29, 0.717) is 28.4 Å². The van der Waals surface area contributed by atoms with Gasteiger partial charge in [-0.25, -0.2) is 4.98 Å². The van der Waals surface area contributed by atoms with E-state index >= 15 is 0 Å². The molecule has 1 aliphatic rings. The van der Waals surface area contributed by atoms with Crippen LogP contribution in [0.5, 0.6) is 0 Å². The molecule has 0 aliphatic heterocycles. The number of fused-ring (bicyclic) bond motifs is 1. The number of anilines is 2. The quantitative estimate of drug-likeness (QED) is 0.558. The third-order valence-electron chi connectivity index (χ3n) is 5.29. The first kappa shape index (κ1) is 17.1. The van der Waals surface area contributed by atoms with Gasteiger partial charge in [0, 0.05) is 18.3 Å². The fourth-order valence-corrected chi connectivity index (χ4v) is 3.71. The van der Waals surface area contributed by atoms with Gasteiger partial charge in [0.05, 0.1) is 28.6 Å². The Morgan fingerprint density at radius 3 is 2.90 bits per heavy atom. The Balaban J connectivity index is 1.48. The number of aromatic amines is 1. The summed E-state index contributed by atoms with van der Waals surface area (Å²) in [6.45, 7) is 0. The number of nitriles is 1. The zero-order chi connectivity index (χ0) is 19.8. The topological polar surface area (TPSA) is 112 Å². The first-order chi connectivity index (χ1) is 14.2. The number of H-pyrrole nitrogens is 1. The number of hydrogen-bond donors (Lipinski definition) is 2. The van der Waals surface area contributed by atoms with E-state index in [4.69, 9.17) is 5.26 Å². The molecule has 3 aromatic heterocycles. The van der Waals surface area contributed by atoms with Gasteiger partial charge in [-0.2, -0.15) is 5.26 Å². The first-order valence-electron chi connectivity index (χ1n) is 9.37. The normalized spacial score (nSPS) is 18.2. The van der Waals surface area contributed by atoms with E-state index < -0.39 is 0 Å². The second-order valence-corrected chi connectivity index (χ2v) is 7.12. The lowest BCUT2D eigenvalue weighted by Crippen LogP contribution is -2.25. The molecule has 3 heterocycles. The van der Waals surface area contributed by atoms with Crippen LogP contribution in [0, 0.1) is 17.2 Å². The second kappa shape index (κ2) is 6.87. The lowest BCUT2D eigenvalue weighted by Gasteiger charge is -2.32. The summed E-state index contributed by atoms with van der Waals surface area (Å²) in [6, 6.07) is 15.2. The van der Waals surface area contributed by atoms with Crippen molar-refractivity contribution in [3.63, 3.8) is 0 Å². The van der Waals surface area contributed by atoms with Crippen molar-refractivity contribution in [3.8, 4) is 17.6 Å². The van der Waals surface area contributed by atoms with Gasteiger partial charge in [-0.15, -0.1) is 10.2 Å². The van der Waals surface area contributed by atoms with E-state index in [1.54, 1.807) is 12.5 Å². The van der Waals surface area contributed by atoms with Gasteiger partial charge in [0.1, 0.15) is 17.8 Å². The van der Waals surface area contributed by atoms with Crippen LogP contribution in [0.15, 0.2) is 59.8 Å². The standard InChI is InChI=1S/C21H17N7O/c22-11-13-9-14(10-13)28-12-24-27-21(28)17-5-2-6-19(26-17)25-16-4-1-3-15-20(16)18(29)7-8-23-15/h1-8,12-14H,9-10H2,(H,23,29)(H,25,26). The van der Waals surface area contributed by atoms with Gasteiger partial charge in [-0.1, -0.05) is 12.1 Å². The molecule has 0 saturated heterocycles. The van der Waals surface area contributed by atoms with E-state index in [2.05, 4.69) is 31.6 Å². The van der Waals surface area contributed by atoms with Gasteiger partial charge in [0.2, 0.25) is 0 Å². The zero-order valence-electron chi connectivity index (χ0n) is 15.4. The number of hydrogen-bond acceptors (Lipinski definition) is 6. The summed E-state index contributed by atoms with van der Waals surface area (Å²) in [5.41, 5.74) is 2.07. The van der Waals surface area contributed by atoms with Crippen LogP contribution in [0.25, 0.3) is 22.4 Å². The molecular weight excluding hydrogens is 366 g/mol. The molecule has 4 aromatic rings. The van der Waals surface area contributed by atoms with Gasteiger partial charge >= 0.3 is 0 Å². The minimum absolute atomic E-state index is 0.0604. The van der Waals surface area contributed by atoms with Crippen molar-refractivity contribution < 1.29 is 0 Å². The van der Waals surface area contributed by atoms with E-state index in [-0.39, 0.29) is 17.4 Å². The van der Waals surface area contributed by atoms with E-state index in [0.717, 1.165) is 18.4 Å². The van der Waals surface area contributed by atoms with Crippen molar-refractivity contribution in [2.24, 2.45) is 5.92 Å². The van der Waals surface area contributed by atoms with Crippen LogP contribution < -0.4 is 10.7 Å². The summed E-state index contributed by atoms with van der Waals surface area (Å²) in [5, 5.41) is 21.1. The molecule has 1 aromatic carbocycles. The Morgan fingerprint density at radius 1 is 1.17 bits per heavy atom. The molecule has 8 heteroatoms. The highest BCUT2D eigenvalue weighted by Gasteiger charge is 2.32. The number of rotatable bonds is 4. The Bertz CT molecular complexity index is 1290. The molecule has 2 N–H and O–H groups in total. The van der Waals surface area contributed by atoms with E-state index in [1.807, 2.05) is 41.0 Å². The monoisotopic (exact) mass is 383 g/mol. The molecule has 1 aliphatic carbocycles. The summed E-state index contributed by atoms with van der Waals surface area (Å²) in [7, 11) is 0. The van der Waals surface area contributed by atoms with Crippen LogP contribution in [-0.2, 0) is 0 Å². The lowest BCUT2D eigenvalue weighted by molar-refractivity contribution is 0.249. The molecule has 0 radical (unpaired) electrons. The Hall–Kier alpha value is -3.99. The maximum atomic E-state index is 12.3. The number of nitrogens with one attached hydrogen (secondary N) is 2. The lowest BCUT2D eigenvalue weighted by atomic mass is 9.81. The van der Waals surface area contributed by atoms with Crippen molar-refractivity contribution in [1.29, 1.82) is 5.26 Å². The first-order valence-corrected chi connectivity index (χ1v) is 9.37. The summed E-state index contributed by atoms with van der Waals surface area (Å²) < 4.78 is 1.99. The maximum absolute atomic E-state index is 12.3. The Kier molecular flexibility index (Phi) is 4.06. The number of nitrogens with zero attached hydrogens (tertiary/aromatic N) is 5. The third-order valence-corrected chi connectivity index (χ3v) is 5.29. The minimum atomic E-state index is -0.0604. The fourth-order valence-electron chi connectivity index (χ4n) is 3.71. The molecule has 0 unspecified atom stereocenters. The highest BCUT2D eigenvalue weighted by molar-refractivity contribution is 5.92. The maximum Gasteiger partial charge on any atom is 0.191 e. The summed E-state index contributed by atoms with van der Waals surface area (Å²) in [5.74, 6) is 1.38. The fraction of sp³-hybridized carbons (Fsp3) is 0.190. The molecule has 1 saturated carbocycles. The Morgan fingerprint density at radius 2 is 2.03 bits per heavy atom. The smallest absolute Gasteiger partial charge is 0.191 e. The van der Waals surface area contributed by atoms with Gasteiger partial charge in [-0.05, 0) is 37.1 Å². The molecule has 0 amide bonds. The molecule has 0 bridgehead atoms. The predicted molar refractivity (Wildman–Crippen MR) is 108 cm³/mol. The molecule has 0 atom stereocenters. The third kappa shape index (κ3) is 3.02. The van der Waals surface area contributed by atoms with Crippen molar-refractivity contribution in [2.45, 2.75) is 18.9 Å². The predicted octanol–water partition coefficient (Wildman–Crippen LogP) is 3.40. The molecule has 5 rings (SSSR count). The van der Waals surface area contributed by atoms with E-state index in [1.165, 1.54) is 6.07 Å². The van der Waals surface area contributed by atoms with Gasteiger partial charge in [0.25, 0.3) is 0 Å². The average molecular weight is 383 g/mol. The second-order valence-electron chi connectivity index (χ2n) is 7.12. The summed E-state index contributed by atoms with van der Waals surface area (Å²) >= 11 is 0. The van der Waals surface area contributed by atoms with Crippen molar-refractivity contribution in [1.82, 2.24) is 24.7 Å². The van der Waals surface area contributed by atoms with Gasteiger partial charge in [-0.3, -0.25) is 4.79 Å². The number of benzene rings is 1. The van der Waals surface area contributed by atoms with Crippen LogP contribution >= 0.6 is 0 Å². The van der Waals surface area contributed by atoms with Crippen molar-refractivity contribution >= 4 is 22.4 Å². The summed E-state index contributed by atoms with van der Waals surface area (Å²) in [4.78, 5) is 20.1. The van der Waals surface area contributed by atoms with Crippen molar-refractivity contribution in [2.75, 3.05) is 5.32 Å². The summed E-state index contributed by atoms with van der Waals surface area (Å²) in [6.07, 6.45) is 4.94. The number of pyridine rings is 2. The zero-order valence-corrected chi connectivity index (χ0v) is 15.4. The highest BCUT2D eigenvalue weighted by atomic mass is 16.1. The van der Waals surface area contributed by atoms with Crippen LogP contribution in [0.1, 0.15) is 18.9 Å². The van der Waals surface area contributed by atoms with Gasteiger partial charge < -0.3 is 14.9 Å². The van der Waals surface area contributed by atoms with Crippen molar-refractivity contribution in [3.05, 3.63) is 65.2 Å². The van der Waals surface area contributed by atoms with Crippen LogP contribution in [0.3, 0.4) is 0 Å². The molecule has 0 spiro atoms. The van der Waals surface area contributed by atoms with Crippen LogP contribution in [0.2, 0.25) is 0 Å². The van der Waals surface area contributed by atoms with Crippen LogP contribution in [0.4, 0.5) is 11.5 Å². The minimum Gasteiger partial charge on any atom is -0.361 e. The van der Waals surface area contributed by atoms with Crippen LogP contribution in [-0.4, -0.2) is 24.7 Å². The molecule has 1 fully saturated rings.